The molecule has 0 aliphatic carbocycles. The maximum atomic E-state index is 8.66. The lowest BCUT2D eigenvalue weighted by molar-refractivity contribution is 0.459. The summed E-state index contributed by atoms with van der Waals surface area (Å²) in [5.74, 6) is 1.27. The summed E-state index contributed by atoms with van der Waals surface area (Å²) in [7, 11) is 0. The van der Waals surface area contributed by atoms with E-state index in [2.05, 4.69) is 11.1 Å². The Morgan fingerprint density at radius 1 is 1.19 bits per heavy atom. The van der Waals surface area contributed by atoms with Crippen molar-refractivity contribution in [3.05, 3.63) is 53.7 Å². The van der Waals surface area contributed by atoms with Crippen molar-refractivity contribution in [1.29, 1.82) is 5.26 Å². The highest BCUT2D eigenvalue weighted by Gasteiger charge is 2.01. The smallest absolute Gasteiger partial charge is 0.222 e. The Balaban J connectivity index is 2.22. The second-order valence-electron chi connectivity index (χ2n) is 3.36. The van der Waals surface area contributed by atoms with Gasteiger partial charge < -0.3 is 4.74 Å². The maximum Gasteiger partial charge on any atom is 0.222 e. The summed E-state index contributed by atoms with van der Waals surface area (Å²) in [6, 6.07) is 12.8. The van der Waals surface area contributed by atoms with Gasteiger partial charge in [0, 0.05) is 11.8 Å². The molecular formula is C13H10N2O. The van der Waals surface area contributed by atoms with Crippen molar-refractivity contribution in [2.24, 2.45) is 0 Å². The summed E-state index contributed by atoms with van der Waals surface area (Å²) in [5.41, 5.74) is 1.59. The number of nitrogens with zero attached hydrogens (tertiary/aromatic N) is 2. The largest absolute Gasteiger partial charge is 0.439 e. The predicted octanol–water partition coefficient (Wildman–Crippen LogP) is 3.05. The minimum atomic E-state index is 0.590. The van der Waals surface area contributed by atoms with Crippen molar-refractivity contribution in [3.63, 3.8) is 0 Å². The van der Waals surface area contributed by atoms with E-state index in [0.717, 1.165) is 5.56 Å². The van der Waals surface area contributed by atoms with Crippen LogP contribution in [-0.4, -0.2) is 4.98 Å². The number of benzene rings is 1. The van der Waals surface area contributed by atoms with Crippen LogP contribution >= 0.6 is 0 Å². The molecule has 0 spiro atoms. The Morgan fingerprint density at radius 3 is 2.56 bits per heavy atom. The highest BCUT2D eigenvalue weighted by Crippen LogP contribution is 2.22. The normalized spacial score (nSPS) is 9.50. The molecular weight excluding hydrogens is 200 g/mol. The number of pyridine rings is 1. The molecule has 1 aromatic heterocycles. The van der Waals surface area contributed by atoms with Crippen LogP contribution in [0.4, 0.5) is 0 Å². The van der Waals surface area contributed by atoms with E-state index in [1.165, 1.54) is 0 Å². The molecule has 0 saturated carbocycles. The van der Waals surface area contributed by atoms with E-state index in [0.29, 0.717) is 17.2 Å². The summed E-state index contributed by atoms with van der Waals surface area (Å²) in [6.45, 7) is 1.94. The Morgan fingerprint density at radius 2 is 1.94 bits per heavy atom. The Labute approximate surface area is 93.9 Å². The molecule has 3 nitrogen and oxygen atoms in total. The first-order chi connectivity index (χ1) is 7.79. The van der Waals surface area contributed by atoms with Crippen molar-refractivity contribution in [3.8, 4) is 17.7 Å². The van der Waals surface area contributed by atoms with E-state index in [4.69, 9.17) is 10.00 Å². The van der Waals surface area contributed by atoms with Gasteiger partial charge in [0.2, 0.25) is 5.88 Å². The van der Waals surface area contributed by atoms with Crippen LogP contribution in [0.15, 0.2) is 42.6 Å². The topological polar surface area (TPSA) is 45.9 Å². The molecule has 0 amide bonds. The van der Waals surface area contributed by atoms with Crippen LogP contribution < -0.4 is 4.74 Å². The van der Waals surface area contributed by atoms with Crippen molar-refractivity contribution in [2.45, 2.75) is 6.92 Å². The van der Waals surface area contributed by atoms with Gasteiger partial charge in [0.05, 0.1) is 11.6 Å². The second kappa shape index (κ2) is 4.45. The van der Waals surface area contributed by atoms with E-state index in [1.54, 1.807) is 30.5 Å². The number of aromatic nitrogens is 1. The van der Waals surface area contributed by atoms with Gasteiger partial charge in [0.1, 0.15) is 5.75 Å². The molecule has 0 radical (unpaired) electrons. The zero-order valence-corrected chi connectivity index (χ0v) is 8.84. The predicted molar refractivity (Wildman–Crippen MR) is 60.2 cm³/mol. The van der Waals surface area contributed by atoms with Crippen LogP contribution in [0.25, 0.3) is 0 Å². The fourth-order valence-electron chi connectivity index (χ4n) is 1.29. The quantitative estimate of drug-likeness (QED) is 0.765. The van der Waals surface area contributed by atoms with Crippen LogP contribution in [-0.2, 0) is 0 Å². The van der Waals surface area contributed by atoms with E-state index in [9.17, 15) is 0 Å². The first-order valence-electron chi connectivity index (χ1n) is 4.89. The molecule has 2 rings (SSSR count). The van der Waals surface area contributed by atoms with Gasteiger partial charge in [-0.2, -0.15) is 5.26 Å². The molecule has 16 heavy (non-hydrogen) atoms. The first-order valence-corrected chi connectivity index (χ1v) is 4.89. The van der Waals surface area contributed by atoms with Gasteiger partial charge in [-0.1, -0.05) is 6.07 Å². The molecule has 0 unspecified atom stereocenters. The number of nitriles is 1. The average molecular weight is 210 g/mol. The summed E-state index contributed by atoms with van der Waals surface area (Å²) >= 11 is 0. The third kappa shape index (κ3) is 2.18. The minimum Gasteiger partial charge on any atom is -0.439 e. The highest BCUT2D eigenvalue weighted by atomic mass is 16.5. The van der Waals surface area contributed by atoms with Crippen LogP contribution in [0.2, 0.25) is 0 Å². The SMILES string of the molecule is Cc1cccnc1Oc1ccc(C#N)cc1. The summed E-state index contributed by atoms with van der Waals surface area (Å²) in [4.78, 5) is 4.13. The van der Waals surface area contributed by atoms with E-state index < -0.39 is 0 Å². The van der Waals surface area contributed by atoms with Crippen molar-refractivity contribution >= 4 is 0 Å². The van der Waals surface area contributed by atoms with E-state index in [-0.39, 0.29) is 0 Å². The minimum absolute atomic E-state index is 0.590. The third-order valence-electron chi connectivity index (χ3n) is 2.16. The molecule has 0 bridgehead atoms. The van der Waals surface area contributed by atoms with Crippen molar-refractivity contribution in [1.82, 2.24) is 4.98 Å². The zero-order valence-electron chi connectivity index (χ0n) is 8.84. The van der Waals surface area contributed by atoms with E-state index >= 15 is 0 Å². The van der Waals surface area contributed by atoms with Gasteiger partial charge in [0.25, 0.3) is 0 Å². The van der Waals surface area contributed by atoms with Crippen molar-refractivity contribution < 1.29 is 4.74 Å². The molecule has 0 atom stereocenters. The lowest BCUT2D eigenvalue weighted by Gasteiger charge is -2.06. The fraction of sp³-hybridized carbons (Fsp3) is 0.0769. The number of hydrogen-bond acceptors (Lipinski definition) is 3. The van der Waals surface area contributed by atoms with Crippen LogP contribution in [0, 0.1) is 18.3 Å². The third-order valence-corrected chi connectivity index (χ3v) is 2.16. The van der Waals surface area contributed by atoms with Gasteiger partial charge in [-0.05, 0) is 37.3 Å². The molecule has 0 saturated heterocycles. The fourth-order valence-corrected chi connectivity index (χ4v) is 1.29. The first kappa shape index (κ1) is 10.2. The van der Waals surface area contributed by atoms with Crippen LogP contribution in [0.1, 0.15) is 11.1 Å². The lowest BCUT2D eigenvalue weighted by Crippen LogP contribution is -1.90. The molecule has 0 aliphatic heterocycles. The molecule has 78 valence electrons. The number of aryl methyl sites for hydroxylation is 1. The van der Waals surface area contributed by atoms with Crippen molar-refractivity contribution in [2.75, 3.05) is 0 Å². The standard InChI is InChI=1S/C13H10N2O/c1-10-3-2-8-15-13(10)16-12-6-4-11(9-14)5-7-12/h2-8H,1H3. The molecule has 1 aromatic carbocycles. The molecule has 0 N–H and O–H groups in total. The number of hydrogen-bond donors (Lipinski definition) is 0. The van der Waals surface area contributed by atoms with E-state index in [1.807, 2.05) is 19.1 Å². The monoisotopic (exact) mass is 210 g/mol. The lowest BCUT2D eigenvalue weighted by atomic mass is 10.2. The molecule has 0 aliphatic rings. The van der Waals surface area contributed by atoms with Gasteiger partial charge in [0.15, 0.2) is 0 Å². The molecule has 0 fully saturated rings. The summed E-state index contributed by atoms with van der Waals surface area (Å²) in [5, 5.41) is 8.66. The Kier molecular flexibility index (Phi) is 2.84. The summed E-state index contributed by atoms with van der Waals surface area (Å²) in [6.07, 6.45) is 1.69. The number of ether oxygens (including phenoxy) is 1. The zero-order chi connectivity index (χ0) is 11.4. The van der Waals surface area contributed by atoms with Gasteiger partial charge in [-0.3, -0.25) is 0 Å². The average Bonchev–Trinajstić information content (AvgIpc) is 2.33. The Bertz CT molecular complexity index is 526. The number of rotatable bonds is 2. The summed E-state index contributed by atoms with van der Waals surface area (Å²) < 4.78 is 5.59. The maximum absolute atomic E-state index is 8.66. The van der Waals surface area contributed by atoms with Gasteiger partial charge in [-0.25, -0.2) is 4.98 Å². The van der Waals surface area contributed by atoms with Crippen LogP contribution in [0.3, 0.4) is 0 Å². The molecule has 1 heterocycles. The molecule has 3 heteroatoms. The molecule has 2 aromatic rings. The highest BCUT2D eigenvalue weighted by molar-refractivity contribution is 5.37. The Hall–Kier alpha value is -2.34. The van der Waals surface area contributed by atoms with Crippen LogP contribution in [0.5, 0.6) is 11.6 Å². The second-order valence-corrected chi connectivity index (χ2v) is 3.36. The van der Waals surface area contributed by atoms with Gasteiger partial charge >= 0.3 is 0 Å². The van der Waals surface area contributed by atoms with Gasteiger partial charge in [-0.15, -0.1) is 0 Å².